The van der Waals surface area contributed by atoms with E-state index in [1.165, 1.54) is 11.1 Å². The summed E-state index contributed by atoms with van der Waals surface area (Å²) in [6.07, 6.45) is 5.41. The first-order valence-electron chi connectivity index (χ1n) is 10.5. The first-order valence-corrected chi connectivity index (χ1v) is 10.9. The summed E-state index contributed by atoms with van der Waals surface area (Å²) in [4.78, 5) is 13.4. The smallest absolute Gasteiger partial charge is 0.225 e. The van der Waals surface area contributed by atoms with Gasteiger partial charge in [-0.25, -0.2) is 9.97 Å². The highest BCUT2D eigenvalue weighted by Crippen LogP contribution is 2.24. The predicted molar refractivity (Wildman–Crippen MR) is 121 cm³/mol. The molecule has 2 heterocycles. The Bertz CT molecular complexity index is 915. The number of rotatable bonds is 8. The second-order valence-corrected chi connectivity index (χ2v) is 7.90. The third-order valence-corrected chi connectivity index (χ3v) is 5.65. The van der Waals surface area contributed by atoms with E-state index in [0.29, 0.717) is 6.61 Å². The first kappa shape index (κ1) is 20.6. The quantitative estimate of drug-likeness (QED) is 0.546. The number of anilines is 1. The Morgan fingerprint density at radius 1 is 0.867 bits per heavy atom. The molecule has 1 aliphatic heterocycles. The van der Waals surface area contributed by atoms with Crippen molar-refractivity contribution in [2.75, 3.05) is 44.2 Å². The van der Waals surface area contributed by atoms with Crippen LogP contribution in [-0.4, -0.2) is 54.2 Å². The zero-order chi connectivity index (χ0) is 20.6. The molecule has 3 aromatic rings. The second kappa shape index (κ2) is 10.4. The number of benzene rings is 2. The van der Waals surface area contributed by atoms with Crippen molar-refractivity contribution in [1.82, 2.24) is 14.9 Å². The lowest BCUT2D eigenvalue weighted by Crippen LogP contribution is -2.47. The van der Waals surface area contributed by atoms with Crippen molar-refractivity contribution >= 4 is 17.5 Å². The Morgan fingerprint density at radius 2 is 1.63 bits per heavy atom. The number of nitrogens with zero attached hydrogens (tertiary/aromatic N) is 4. The maximum absolute atomic E-state index is 6.27. The topological polar surface area (TPSA) is 41.5 Å². The van der Waals surface area contributed by atoms with Gasteiger partial charge in [0, 0.05) is 56.6 Å². The summed E-state index contributed by atoms with van der Waals surface area (Å²) in [5.74, 6) is 1.76. The van der Waals surface area contributed by atoms with Gasteiger partial charge in [-0.1, -0.05) is 41.9 Å². The van der Waals surface area contributed by atoms with Gasteiger partial charge in [-0.15, -0.1) is 0 Å². The van der Waals surface area contributed by atoms with Crippen molar-refractivity contribution in [3.63, 3.8) is 0 Å². The van der Waals surface area contributed by atoms with Crippen LogP contribution in [0.2, 0.25) is 5.02 Å². The largest absolute Gasteiger partial charge is 0.493 e. The molecule has 0 spiro atoms. The minimum atomic E-state index is 0.661. The Labute approximate surface area is 183 Å². The Balaban J connectivity index is 1.28. The summed E-state index contributed by atoms with van der Waals surface area (Å²) in [7, 11) is 0. The third kappa shape index (κ3) is 5.71. The lowest BCUT2D eigenvalue weighted by Gasteiger charge is -2.34. The molecule has 0 atom stereocenters. The van der Waals surface area contributed by atoms with Crippen molar-refractivity contribution in [1.29, 1.82) is 0 Å². The highest BCUT2D eigenvalue weighted by molar-refractivity contribution is 6.30. The van der Waals surface area contributed by atoms with Crippen LogP contribution in [0.5, 0.6) is 5.75 Å². The zero-order valence-electron chi connectivity index (χ0n) is 17.1. The van der Waals surface area contributed by atoms with Crippen LogP contribution in [0.15, 0.2) is 67.0 Å². The monoisotopic (exact) mass is 422 g/mol. The molecule has 5 nitrogen and oxygen atoms in total. The maximum Gasteiger partial charge on any atom is 0.225 e. The number of hydrogen-bond donors (Lipinski definition) is 0. The standard InChI is InChI=1S/C24H27ClN4O/c25-22-7-8-23(30-18-10-20-5-2-1-3-6-20)21(19-22)9-13-28-14-16-29(17-15-28)24-26-11-4-12-27-24/h1-8,11-12,19H,9-10,13-18H2. The molecule has 0 aliphatic carbocycles. The van der Waals surface area contributed by atoms with Gasteiger partial charge in [0.1, 0.15) is 5.75 Å². The maximum atomic E-state index is 6.27. The van der Waals surface area contributed by atoms with Gasteiger partial charge in [0.05, 0.1) is 6.61 Å². The molecule has 4 rings (SSSR count). The van der Waals surface area contributed by atoms with Crippen molar-refractivity contribution in [2.45, 2.75) is 12.8 Å². The van der Waals surface area contributed by atoms with Gasteiger partial charge in [-0.2, -0.15) is 0 Å². The number of ether oxygens (including phenoxy) is 1. The van der Waals surface area contributed by atoms with Crippen molar-refractivity contribution in [2.24, 2.45) is 0 Å². The average Bonchev–Trinajstić information content (AvgIpc) is 2.80. The fraction of sp³-hybridized carbons (Fsp3) is 0.333. The summed E-state index contributed by atoms with van der Waals surface area (Å²) < 4.78 is 6.11. The molecule has 1 aromatic heterocycles. The fourth-order valence-corrected chi connectivity index (χ4v) is 3.91. The molecular weight excluding hydrogens is 396 g/mol. The van der Waals surface area contributed by atoms with E-state index in [9.17, 15) is 0 Å². The zero-order valence-corrected chi connectivity index (χ0v) is 17.8. The molecule has 0 saturated carbocycles. The molecule has 0 amide bonds. The fourth-order valence-electron chi connectivity index (χ4n) is 3.71. The molecule has 1 aliphatic rings. The Kier molecular flexibility index (Phi) is 7.16. The van der Waals surface area contributed by atoms with E-state index < -0.39 is 0 Å². The highest BCUT2D eigenvalue weighted by atomic mass is 35.5. The van der Waals surface area contributed by atoms with Crippen LogP contribution >= 0.6 is 11.6 Å². The van der Waals surface area contributed by atoms with Gasteiger partial charge in [-0.3, -0.25) is 4.90 Å². The minimum Gasteiger partial charge on any atom is -0.493 e. The summed E-state index contributed by atoms with van der Waals surface area (Å²) >= 11 is 6.27. The van der Waals surface area contributed by atoms with E-state index in [4.69, 9.17) is 16.3 Å². The normalized spacial score (nSPS) is 14.6. The summed E-state index contributed by atoms with van der Waals surface area (Å²) in [5, 5.41) is 0.756. The summed E-state index contributed by atoms with van der Waals surface area (Å²) in [6.45, 7) is 5.54. The van der Waals surface area contributed by atoms with Gasteiger partial charge in [0.15, 0.2) is 0 Å². The van der Waals surface area contributed by atoms with Crippen LogP contribution in [-0.2, 0) is 12.8 Å². The Hall–Kier alpha value is -2.63. The van der Waals surface area contributed by atoms with Crippen molar-refractivity contribution in [3.8, 4) is 5.75 Å². The lowest BCUT2D eigenvalue weighted by atomic mass is 10.1. The molecular formula is C24H27ClN4O. The predicted octanol–water partition coefficient (Wildman–Crippen LogP) is 4.12. The second-order valence-electron chi connectivity index (χ2n) is 7.46. The lowest BCUT2D eigenvalue weighted by molar-refractivity contribution is 0.257. The van der Waals surface area contributed by atoms with Gasteiger partial charge in [-0.05, 0) is 41.8 Å². The van der Waals surface area contributed by atoms with E-state index in [-0.39, 0.29) is 0 Å². The number of hydrogen-bond acceptors (Lipinski definition) is 5. The van der Waals surface area contributed by atoms with Crippen LogP contribution in [0.3, 0.4) is 0 Å². The third-order valence-electron chi connectivity index (χ3n) is 5.42. The van der Waals surface area contributed by atoms with Crippen LogP contribution in [0.1, 0.15) is 11.1 Å². The van der Waals surface area contributed by atoms with Gasteiger partial charge >= 0.3 is 0 Å². The molecule has 2 aromatic carbocycles. The minimum absolute atomic E-state index is 0.661. The molecule has 6 heteroatoms. The number of halogens is 1. The van der Waals surface area contributed by atoms with Crippen molar-refractivity contribution in [3.05, 3.63) is 83.1 Å². The molecule has 1 fully saturated rings. The average molecular weight is 423 g/mol. The molecule has 1 saturated heterocycles. The van der Waals surface area contributed by atoms with Crippen LogP contribution < -0.4 is 9.64 Å². The summed E-state index contributed by atoms with van der Waals surface area (Å²) in [5.41, 5.74) is 2.46. The van der Waals surface area contributed by atoms with Crippen LogP contribution in [0.25, 0.3) is 0 Å². The number of piperazine rings is 1. The van der Waals surface area contributed by atoms with Crippen LogP contribution in [0, 0.1) is 0 Å². The van der Waals surface area contributed by atoms with E-state index in [0.717, 1.165) is 62.3 Å². The van der Waals surface area contributed by atoms with Crippen molar-refractivity contribution < 1.29 is 4.74 Å². The van der Waals surface area contributed by atoms with Gasteiger partial charge in [0.25, 0.3) is 0 Å². The highest BCUT2D eigenvalue weighted by Gasteiger charge is 2.19. The van der Waals surface area contributed by atoms with E-state index in [2.05, 4.69) is 44.0 Å². The number of aromatic nitrogens is 2. The van der Waals surface area contributed by atoms with Gasteiger partial charge in [0.2, 0.25) is 5.95 Å². The molecule has 0 N–H and O–H groups in total. The molecule has 30 heavy (non-hydrogen) atoms. The molecule has 0 radical (unpaired) electrons. The Morgan fingerprint density at radius 3 is 2.40 bits per heavy atom. The molecule has 0 unspecified atom stereocenters. The molecule has 156 valence electrons. The van der Waals surface area contributed by atoms with E-state index >= 15 is 0 Å². The van der Waals surface area contributed by atoms with Gasteiger partial charge < -0.3 is 9.64 Å². The molecule has 0 bridgehead atoms. The van der Waals surface area contributed by atoms with E-state index in [1.807, 2.05) is 30.3 Å². The summed E-state index contributed by atoms with van der Waals surface area (Å²) in [6, 6.07) is 18.2. The first-order chi connectivity index (χ1) is 14.8. The van der Waals surface area contributed by atoms with Crippen LogP contribution in [0.4, 0.5) is 5.95 Å². The SMILES string of the molecule is Clc1ccc(OCCc2ccccc2)c(CCN2CCN(c3ncccn3)CC2)c1. The van der Waals surface area contributed by atoms with E-state index in [1.54, 1.807) is 12.4 Å².